The molecule has 38 heavy (non-hydrogen) atoms. The summed E-state index contributed by atoms with van der Waals surface area (Å²) in [7, 11) is 0. The fraction of sp³-hybridized carbons (Fsp3) is 0.241. The molecule has 196 valence electrons. The van der Waals surface area contributed by atoms with E-state index < -0.39 is 6.29 Å². The Labute approximate surface area is 230 Å². The van der Waals surface area contributed by atoms with E-state index in [0.717, 1.165) is 22.3 Å². The van der Waals surface area contributed by atoms with E-state index in [9.17, 15) is 9.90 Å². The predicted octanol–water partition coefficient (Wildman–Crippen LogP) is 5.86. The van der Waals surface area contributed by atoms with Gasteiger partial charge in [0.1, 0.15) is 5.15 Å². The molecule has 1 aliphatic heterocycles. The van der Waals surface area contributed by atoms with Crippen LogP contribution in [0.3, 0.4) is 0 Å². The monoisotopic (exact) mass is 551 g/mol. The largest absolute Gasteiger partial charge is 0.392 e. The fourth-order valence-electron chi connectivity index (χ4n) is 4.39. The second-order valence-corrected chi connectivity index (χ2v) is 9.84. The van der Waals surface area contributed by atoms with Gasteiger partial charge in [-0.25, -0.2) is 4.98 Å². The second kappa shape index (κ2) is 12.1. The number of nitrogens with one attached hydrogen (secondary N) is 1. The minimum absolute atomic E-state index is 0.0157. The molecule has 3 atom stereocenters. The molecule has 2 heterocycles. The molecule has 7 nitrogen and oxygen atoms in total. The number of aromatic nitrogens is 2. The molecule has 3 aromatic carbocycles. The average molecular weight is 552 g/mol. The molecule has 9 heteroatoms. The molecule has 2 N–H and O–H groups in total. The highest BCUT2D eigenvalue weighted by molar-refractivity contribution is 6.40. The van der Waals surface area contributed by atoms with Gasteiger partial charge in [-0.2, -0.15) is 0 Å². The van der Waals surface area contributed by atoms with Crippen LogP contribution in [0.4, 0.5) is 0 Å². The first-order valence-electron chi connectivity index (χ1n) is 12.3. The summed E-state index contributed by atoms with van der Waals surface area (Å²) in [6.45, 7) is 0.855. The molecule has 1 aromatic heterocycles. The normalized spacial score (nSPS) is 19.3. The van der Waals surface area contributed by atoms with Crippen LogP contribution in [0.1, 0.15) is 51.4 Å². The van der Waals surface area contributed by atoms with Crippen molar-refractivity contribution in [2.75, 3.05) is 0 Å². The van der Waals surface area contributed by atoms with Gasteiger partial charge in [0.2, 0.25) is 0 Å². The molecule has 0 aliphatic carbocycles. The molecule has 1 fully saturated rings. The van der Waals surface area contributed by atoms with Crippen molar-refractivity contribution in [3.63, 3.8) is 0 Å². The predicted molar refractivity (Wildman–Crippen MR) is 145 cm³/mol. The first-order chi connectivity index (χ1) is 18.5. The third-order valence-corrected chi connectivity index (χ3v) is 7.26. The van der Waals surface area contributed by atoms with Crippen LogP contribution in [0.2, 0.25) is 10.3 Å². The Kier molecular flexibility index (Phi) is 8.42. The van der Waals surface area contributed by atoms with Gasteiger partial charge in [-0.3, -0.25) is 4.79 Å². The third-order valence-electron chi connectivity index (χ3n) is 6.49. The lowest BCUT2D eigenvalue weighted by molar-refractivity contribution is -0.252. The van der Waals surface area contributed by atoms with Crippen molar-refractivity contribution in [1.82, 2.24) is 14.9 Å². The van der Waals surface area contributed by atoms with E-state index in [1.165, 1.54) is 0 Å². The number of hydrogen-bond acceptors (Lipinski definition) is 5. The molecule has 0 saturated carbocycles. The number of rotatable bonds is 8. The van der Waals surface area contributed by atoms with Crippen molar-refractivity contribution in [2.24, 2.45) is 0 Å². The van der Waals surface area contributed by atoms with E-state index in [1.54, 1.807) is 23.0 Å². The quantitative estimate of drug-likeness (QED) is 0.286. The zero-order valence-electron chi connectivity index (χ0n) is 20.5. The number of halogens is 2. The number of amides is 1. The minimum Gasteiger partial charge on any atom is -0.392 e. The minimum atomic E-state index is -0.609. The van der Waals surface area contributed by atoms with Gasteiger partial charge in [0.25, 0.3) is 5.91 Å². The summed E-state index contributed by atoms with van der Waals surface area (Å²) >= 11 is 12.3. The summed E-state index contributed by atoms with van der Waals surface area (Å²) in [5.41, 5.74) is 4.27. The summed E-state index contributed by atoms with van der Waals surface area (Å²) in [6, 6.07) is 24.6. The zero-order chi connectivity index (χ0) is 26.5. The van der Waals surface area contributed by atoms with E-state index in [1.807, 2.05) is 66.7 Å². The molecule has 1 saturated heterocycles. The fourth-order valence-corrected chi connectivity index (χ4v) is 4.70. The van der Waals surface area contributed by atoms with Gasteiger partial charge in [-0.05, 0) is 28.8 Å². The van der Waals surface area contributed by atoms with Crippen LogP contribution in [0.5, 0.6) is 0 Å². The van der Waals surface area contributed by atoms with Crippen molar-refractivity contribution in [2.45, 2.75) is 44.6 Å². The number of nitrogens with zero attached hydrogens (tertiary/aromatic N) is 2. The molecule has 0 bridgehead atoms. The molecule has 0 radical (unpaired) electrons. The molecule has 0 unspecified atom stereocenters. The number of ether oxygens (including phenoxy) is 2. The topological polar surface area (TPSA) is 85.6 Å². The molecular weight excluding hydrogens is 525 g/mol. The standard InChI is InChI=1S/C29H27Cl2N3O4/c30-26-27(31)34(18-33-26)16-24-14-25(21-10-8-20(17-35)9-11-21)38-29(37-24)23-12-6-19(7-13-23)15-32-28(36)22-4-2-1-3-5-22/h1-13,18,24-25,29,35H,14-17H2,(H,32,36)/t24-,25+,29+/m0/s1. The lowest BCUT2D eigenvalue weighted by Crippen LogP contribution is -2.32. The number of carbonyl (C=O) groups excluding carboxylic acids is 1. The van der Waals surface area contributed by atoms with Gasteiger partial charge < -0.3 is 24.5 Å². The van der Waals surface area contributed by atoms with Crippen molar-refractivity contribution in [1.29, 1.82) is 0 Å². The average Bonchev–Trinajstić information content (AvgIpc) is 3.28. The number of carbonyl (C=O) groups is 1. The first kappa shape index (κ1) is 26.4. The Morgan fingerprint density at radius 2 is 1.63 bits per heavy atom. The highest BCUT2D eigenvalue weighted by atomic mass is 35.5. The third kappa shape index (κ3) is 6.26. The van der Waals surface area contributed by atoms with Crippen LogP contribution in [-0.2, 0) is 29.2 Å². The second-order valence-electron chi connectivity index (χ2n) is 9.12. The molecular formula is C29H27Cl2N3O4. The number of aliphatic hydroxyl groups is 1. The van der Waals surface area contributed by atoms with E-state index in [2.05, 4.69) is 10.3 Å². The summed E-state index contributed by atoms with van der Waals surface area (Å²) in [6.07, 6.45) is 1.15. The number of aliphatic hydroxyl groups excluding tert-OH is 1. The Balaban J connectivity index is 1.30. The highest BCUT2D eigenvalue weighted by Gasteiger charge is 2.32. The van der Waals surface area contributed by atoms with Crippen molar-refractivity contribution in [3.05, 3.63) is 123 Å². The summed E-state index contributed by atoms with van der Waals surface area (Å²) in [5.74, 6) is -0.121. The number of imidazole rings is 1. The summed E-state index contributed by atoms with van der Waals surface area (Å²) in [5, 5.41) is 13.0. The van der Waals surface area contributed by atoms with Gasteiger partial charge in [0, 0.05) is 24.1 Å². The van der Waals surface area contributed by atoms with E-state index in [-0.39, 0.29) is 29.9 Å². The lowest BCUT2D eigenvalue weighted by Gasteiger charge is -2.36. The van der Waals surface area contributed by atoms with Gasteiger partial charge in [0.05, 0.1) is 31.7 Å². The van der Waals surface area contributed by atoms with E-state index in [4.69, 9.17) is 32.7 Å². The van der Waals surface area contributed by atoms with Crippen LogP contribution >= 0.6 is 23.2 Å². The zero-order valence-corrected chi connectivity index (χ0v) is 22.0. The molecule has 1 amide bonds. The Morgan fingerprint density at radius 1 is 0.947 bits per heavy atom. The Hall–Kier alpha value is -3.20. The van der Waals surface area contributed by atoms with Gasteiger partial charge in [-0.1, -0.05) is 89.9 Å². The smallest absolute Gasteiger partial charge is 0.251 e. The molecule has 4 aromatic rings. The van der Waals surface area contributed by atoms with Crippen molar-refractivity contribution < 1.29 is 19.4 Å². The highest BCUT2D eigenvalue weighted by Crippen LogP contribution is 2.39. The molecule has 1 aliphatic rings. The summed E-state index contributed by atoms with van der Waals surface area (Å²) < 4.78 is 14.5. The van der Waals surface area contributed by atoms with Crippen molar-refractivity contribution >= 4 is 29.1 Å². The van der Waals surface area contributed by atoms with Crippen LogP contribution < -0.4 is 5.32 Å². The van der Waals surface area contributed by atoms with Gasteiger partial charge in [-0.15, -0.1) is 0 Å². The Morgan fingerprint density at radius 3 is 2.29 bits per heavy atom. The van der Waals surface area contributed by atoms with Gasteiger partial charge >= 0.3 is 0 Å². The Bertz CT molecular complexity index is 1360. The van der Waals surface area contributed by atoms with E-state index >= 15 is 0 Å². The van der Waals surface area contributed by atoms with Crippen LogP contribution in [-0.4, -0.2) is 26.7 Å². The molecule has 5 rings (SSSR count). The first-order valence-corrected chi connectivity index (χ1v) is 13.0. The van der Waals surface area contributed by atoms with Crippen LogP contribution in [0.25, 0.3) is 0 Å². The maximum Gasteiger partial charge on any atom is 0.251 e. The number of hydrogen-bond donors (Lipinski definition) is 2. The maximum atomic E-state index is 12.4. The van der Waals surface area contributed by atoms with Crippen LogP contribution in [0, 0.1) is 0 Å². The SMILES string of the molecule is O=C(NCc1ccc([C@@H]2O[C@H](Cn3cnc(Cl)c3Cl)C[C@H](c3ccc(CO)cc3)O2)cc1)c1ccccc1. The lowest BCUT2D eigenvalue weighted by atomic mass is 10.00. The maximum absolute atomic E-state index is 12.4. The molecule has 0 spiro atoms. The number of benzene rings is 3. The van der Waals surface area contributed by atoms with E-state index in [0.29, 0.717) is 30.2 Å². The van der Waals surface area contributed by atoms with Gasteiger partial charge in [0.15, 0.2) is 11.4 Å². The van der Waals surface area contributed by atoms with Crippen LogP contribution in [0.15, 0.2) is 85.2 Å². The van der Waals surface area contributed by atoms with Crippen molar-refractivity contribution in [3.8, 4) is 0 Å². The summed E-state index contributed by atoms with van der Waals surface area (Å²) in [4.78, 5) is 16.4.